The predicted molar refractivity (Wildman–Crippen MR) is 78.8 cm³/mol. The number of rotatable bonds is 2. The molecule has 0 heteroatoms. The SMILES string of the molecule is C1=C(C2CC3C2C3C2CC3C4C2C34)Cc2ccccc21. The van der Waals surface area contributed by atoms with Crippen LogP contribution in [0.2, 0.25) is 0 Å². The zero-order chi connectivity index (χ0) is 12.6. The maximum absolute atomic E-state index is 2.53. The Kier molecular flexibility index (Phi) is 1.37. The monoisotopic (exact) mass is 260 g/mol. The van der Waals surface area contributed by atoms with Gasteiger partial charge in [0.05, 0.1) is 0 Å². The van der Waals surface area contributed by atoms with E-state index < -0.39 is 0 Å². The van der Waals surface area contributed by atoms with Crippen LogP contribution in [0.1, 0.15) is 24.0 Å². The van der Waals surface area contributed by atoms with Gasteiger partial charge in [-0.15, -0.1) is 0 Å². The Morgan fingerprint density at radius 2 is 1.50 bits per heavy atom. The maximum Gasteiger partial charge on any atom is -0.00549 e. The maximum atomic E-state index is 2.53. The van der Waals surface area contributed by atoms with Crippen LogP contribution < -0.4 is 0 Å². The van der Waals surface area contributed by atoms with Crippen molar-refractivity contribution < 1.29 is 0 Å². The largest absolute Gasteiger partial charge is 0.0619 e. The quantitative estimate of drug-likeness (QED) is 0.753. The third-order valence-electron chi connectivity index (χ3n) is 8.12. The van der Waals surface area contributed by atoms with E-state index >= 15 is 0 Å². The topological polar surface area (TPSA) is 0 Å². The summed E-state index contributed by atoms with van der Waals surface area (Å²) < 4.78 is 0. The molecular weight excluding hydrogens is 240 g/mol. The van der Waals surface area contributed by atoms with E-state index in [1.807, 2.05) is 0 Å². The highest BCUT2D eigenvalue weighted by Crippen LogP contribution is 2.88. The van der Waals surface area contributed by atoms with E-state index in [1.54, 1.807) is 24.0 Å². The van der Waals surface area contributed by atoms with Crippen LogP contribution in [0.5, 0.6) is 0 Å². The van der Waals surface area contributed by atoms with E-state index in [1.165, 1.54) is 47.5 Å². The van der Waals surface area contributed by atoms with Crippen LogP contribution in [-0.2, 0) is 6.42 Å². The molecule has 7 aliphatic carbocycles. The predicted octanol–water partition coefficient (Wildman–Crippen LogP) is 4.02. The molecule has 2 bridgehead atoms. The Labute approximate surface area is 120 Å². The summed E-state index contributed by atoms with van der Waals surface area (Å²) in [4.78, 5) is 0. The molecule has 20 heavy (non-hydrogen) atoms. The molecule has 0 radical (unpaired) electrons. The van der Waals surface area contributed by atoms with Crippen molar-refractivity contribution in [2.75, 3.05) is 0 Å². The molecule has 0 spiro atoms. The third-order valence-corrected chi connectivity index (χ3v) is 8.12. The first kappa shape index (κ1) is 9.82. The van der Waals surface area contributed by atoms with Gasteiger partial charge in [-0.1, -0.05) is 35.9 Å². The highest BCUT2D eigenvalue weighted by molar-refractivity contribution is 5.64. The molecule has 0 heterocycles. The zero-order valence-electron chi connectivity index (χ0n) is 11.7. The Hall–Kier alpha value is -1.04. The third kappa shape index (κ3) is 0.935. The molecule has 1 aromatic rings. The average Bonchev–Trinajstić information content (AvgIpc) is 3.30. The minimum atomic E-state index is 0.977. The van der Waals surface area contributed by atoms with Crippen molar-refractivity contribution in [3.63, 3.8) is 0 Å². The summed E-state index contributed by atoms with van der Waals surface area (Å²) in [5.74, 6) is 10.6. The van der Waals surface area contributed by atoms with Crippen molar-refractivity contribution in [3.05, 3.63) is 41.0 Å². The van der Waals surface area contributed by atoms with Gasteiger partial charge in [-0.2, -0.15) is 0 Å². The summed E-state index contributed by atoms with van der Waals surface area (Å²) in [7, 11) is 0. The van der Waals surface area contributed by atoms with E-state index in [-0.39, 0.29) is 0 Å². The van der Waals surface area contributed by atoms with Gasteiger partial charge in [-0.25, -0.2) is 0 Å². The van der Waals surface area contributed by atoms with Gasteiger partial charge >= 0.3 is 0 Å². The van der Waals surface area contributed by atoms with Crippen molar-refractivity contribution in [2.24, 2.45) is 53.3 Å². The molecule has 100 valence electrons. The smallest absolute Gasteiger partial charge is 0.00549 e. The van der Waals surface area contributed by atoms with Gasteiger partial charge in [0.25, 0.3) is 0 Å². The number of hydrogen-bond acceptors (Lipinski definition) is 0. The molecule has 0 saturated heterocycles. The molecule has 0 N–H and O–H groups in total. The highest BCUT2D eigenvalue weighted by atomic mass is 14.9. The molecule has 7 unspecified atom stereocenters. The Morgan fingerprint density at radius 1 is 0.750 bits per heavy atom. The first-order chi connectivity index (χ1) is 9.92. The lowest BCUT2D eigenvalue weighted by Gasteiger charge is -2.26. The van der Waals surface area contributed by atoms with Crippen LogP contribution in [0.25, 0.3) is 6.08 Å². The second-order valence-electron chi connectivity index (χ2n) is 8.55. The van der Waals surface area contributed by atoms with E-state index in [2.05, 4.69) is 30.3 Å². The van der Waals surface area contributed by atoms with Crippen molar-refractivity contribution in [1.82, 2.24) is 0 Å². The first-order valence-electron chi connectivity index (χ1n) is 8.70. The lowest BCUT2D eigenvalue weighted by atomic mass is 9.79. The standard InChI is InChI=1S/C20H20/c1-2-4-10-6-11(5-9(10)3-1)12-7-13-16(12)17(13)14-8-15-19-18(14)20(15)19/h1-5,12-20H,6-8H2. The van der Waals surface area contributed by atoms with Gasteiger partial charge in [-0.05, 0) is 83.7 Å². The number of fused-ring (bicyclic) bond motifs is 3. The lowest BCUT2D eigenvalue weighted by Crippen LogP contribution is -2.18. The molecule has 0 aromatic heterocycles. The van der Waals surface area contributed by atoms with E-state index in [0.717, 1.165) is 17.8 Å². The fourth-order valence-electron chi connectivity index (χ4n) is 7.12. The Balaban J connectivity index is 1.15. The molecule has 1 aromatic carbocycles. The van der Waals surface area contributed by atoms with Gasteiger partial charge in [0.2, 0.25) is 0 Å². The summed E-state index contributed by atoms with van der Waals surface area (Å²) in [6, 6.07) is 9.02. The van der Waals surface area contributed by atoms with E-state index in [0.29, 0.717) is 0 Å². The highest BCUT2D eigenvalue weighted by Gasteiger charge is 2.83. The molecule has 6 fully saturated rings. The van der Waals surface area contributed by atoms with Crippen molar-refractivity contribution in [1.29, 1.82) is 0 Å². The molecule has 7 atom stereocenters. The van der Waals surface area contributed by atoms with Crippen LogP contribution in [0.4, 0.5) is 0 Å². The number of hydrogen-bond donors (Lipinski definition) is 0. The van der Waals surface area contributed by atoms with Crippen LogP contribution in [0.15, 0.2) is 29.8 Å². The minimum absolute atomic E-state index is 0.977. The molecule has 0 nitrogen and oxygen atoms in total. The summed E-state index contributed by atoms with van der Waals surface area (Å²) in [6.45, 7) is 0. The van der Waals surface area contributed by atoms with Crippen LogP contribution in [-0.4, -0.2) is 0 Å². The van der Waals surface area contributed by atoms with Crippen molar-refractivity contribution in [3.8, 4) is 0 Å². The number of benzene rings is 1. The summed E-state index contributed by atoms with van der Waals surface area (Å²) in [6.07, 6.45) is 6.98. The Bertz CT molecular complexity index is 666. The number of allylic oxidation sites excluding steroid dienone is 1. The van der Waals surface area contributed by atoms with Gasteiger partial charge < -0.3 is 0 Å². The zero-order valence-corrected chi connectivity index (χ0v) is 11.7. The summed E-state index contributed by atoms with van der Waals surface area (Å²) in [5, 5.41) is 0. The van der Waals surface area contributed by atoms with Crippen LogP contribution in [0.3, 0.4) is 0 Å². The Morgan fingerprint density at radius 3 is 2.30 bits per heavy atom. The van der Waals surface area contributed by atoms with Gasteiger partial charge in [-0.3, -0.25) is 0 Å². The fraction of sp³-hybridized carbons (Fsp3) is 0.600. The van der Waals surface area contributed by atoms with Crippen molar-refractivity contribution >= 4 is 6.08 Å². The average molecular weight is 260 g/mol. The molecule has 8 rings (SSSR count). The molecule has 0 amide bonds. The normalized spacial score (nSPS) is 58.2. The van der Waals surface area contributed by atoms with E-state index in [4.69, 9.17) is 0 Å². The van der Waals surface area contributed by atoms with Gasteiger partial charge in [0.1, 0.15) is 0 Å². The second kappa shape index (κ2) is 2.80. The summed E-state index contributed by atoms with van der Waals surface area (Å²) >= 11 is 0. The first-order valence-corrected chi connectivity index (χ1v) is 8.70. The minimum Gasteiger partial charge on any atom is -0.0619 e. The van der Waals surface area contributed by atoms with Crippen LogP contribution in [0, 0.1) is 53.3 Å². The molecular formula is C20H20. The fourth-order valence-corrected chi connectivity index (χ4v) is 7.12. The van der Waals surface area contributed by atoms with Gasteiger partial charge in [0.15, 0.2) is 0 Å². The second-order valence-corrected chi connectivity index (χ2v) is 8.55. The lowest BCUT2D eigenvalue weighted by molar-refractivity contribution is 0.334. The van der Waals surface area contributed by atoms with Crippen molar-refractivity contribution in [2.45, 2.75) is 19.3 Å². The van der Waals surface area contributed by atoms with Gasteiger partial charge in [0, 0.05) is 0 Å². The molecule has 7 aliphatic rings. The van der Waals surface area contributed by atoms with Crippen LogP contribution >= 0.6 is 0 Å². The summed E-state index contributed by atoms with van der Waals surface area (Å²) in [5.41, 5.74) is 4.87. The molecule has 0 aliphatic heterocycles. The molecule has 6 saturated carbocycles. The van der Waals surface area contributed by atoms with E-state index in [9.17, 15) is 0 Å².